The average Bonchev–Trinajstić information content (AvgIpc) is 2.84. The highest BCUT2D eigenvalue weighted by Gasteiger charge is 2.36. The van der Waals surface area contributed by atoms with Crippen molar-refractivity contribution >= 4 is 22.9 Å². The Morgan fingerprint density at radius 3 is 2.79 bits per heavy atom. The number of halogens is 1. The number of aryl methyl sites for hydroxylation is 1. The molecular formula is C16H17ClOS. The lowest BCUT2D eigenvalue weighted by Gasteiger charge is -2.37. The van der Waals surface area contributed by atoms with Gasteiger partial charge in [-0.25, -0.2) is 0 Å². The van der Waals surface area contributed by atoms with Crippen LogP contribution in [0.15, 0.2) is 36.4 Å². The lowest BCUT2D eigenvalue weighted by molar-refractivity contribution is 0.174. The molecule has 1 N–H and O–H groups in total. The summed E-state index contributed by atoms with van der Waals surface area (Å²) in [7, 11) is 0. The molecule has 1 unspecified atom stereocenters. The van der Waals surface area contributed by atoms with Crippen molar-refractivity contribution in [2.45, 2.75) is 31.1 Å². The Kier molecular flexibility index (Phi) is 3.66. The molecule has 0 radical (unpaired) electrons. The van der Waals surface area contributed by atoms with E-state index < -0.39 is 0 Å². The number of thiophene rings is 1. The van der Waals surface area contributed by atoms with Crippen molar-refractivity contribution < 1.29 is 5.11 Å². The molecule has 19 heavy (non-hydrogen) atoms. The third kappa shape index (κ3) is 2.45. The first-order chi connectivity index (χ1) is 9.23. The first-order valence-corrected chi connectivity index (χ1v) is 7.86. The lowest BCUT2D eigenvalue weighted by atomic mass is 9.68. The molecule has 1 aromatic carbocycles. The second kappa shape index (κ2) is 5.28. The standard InChI is InChI=1S/C16H17ClOS/c17-15-8-7-13(19-15)10-16(11-18)9-3-5-12-4-1-2-6-14(12)16/h1-2,4,6-8,18H,3,5,9-11H2. The molecular weight excluding hydrogens is 276 g/mol. The minimum absolute atomic E-state index is 0.122. The smallest absolute Gasteiger partial charge is 0.0931 e. The van der Waals surface area contributed by atoms with Gasteiger partial charge in [0.1, 0.15) is 0 Å². The maximum absolute atomic E-state index is 10.0. The number of fused-ring (bicyclic) bond motifs is 1. The van der Waals surface area contributed by atoms with Crippen LogP contribution in [0.2, 0.25) is 4.34 Å². The topological polar surface area (TPSA) is 20.2 Å². The van der Waals surface area contributed by atoms with Crippen LogP contribution in [0.1, 0.15) is 28.8 Å². The van der Waals surface area contributed by atoms with E-state index in [1.165, 1.54) is 16.0 Å². The highest BCUT2D eigenvalue weighted by atomic mass is 35.5. The molecule has 1 aliphatic rings. The fourth-order valence-corrected chi connectivity index (χ4v) is 4.42. The first kappa shape index (κ1) is 13.2. The van der Waals surface area contributed by atoms with Crippen molar-refractivity contribution in [3.63, 3.8) is 0 Å². The molecule has 0 saturated carbocycles. The van der Waals surface area contributed by atoms with Crippen LogP contribution in [0.5, 0.6) is 0 Å². The molecule has 1 atom stereocenters. The predicted octanol–water partition coefficient (Wildman–Crippen LogP) is 4.21. The molecule has 0 aliphatic heterocycles. The molecule has 1 heterocycles. The zero-order chi connectivity index (χ0) is 13.3. The Morgan fingerprint density at radius 1 is 1.21 bits per heavy atom. The normalized spacial score (nSPS) is 22.2. The lowest BCUT2D eigenvalue weighted by Crippen LogP contribution is -2.36. The van der Waals surface area contributed by atoms with Gasteiger partial charge in [0.2, 0.25) is 0 Å². The van der Waals surface area contributed by atoms with Crippen LogP contribution in [-0.4, -0.2) is 11.7 Å². The molecule has 0 amide bonds. The predicted molar refractivity (Wildman–Crippen MR) is 81.2 cm³/mol. The van der Waals surface area contributed by atoms with Gasteiger partial charge in [-0.2, -0.15) is 0 Å². The Bertz CT molecular complexity index is 578. The summed E-state index contributed by atoms with van der Waals surface area (Å²) in [5.41, 5.74) is 2.60. The molecule has 3 heteroatoms. The highest BCUT2D eigenvalue weighted by Crippen LogP contribution is 2.41. The quantitative estimate of drug-likeness (QED) is 0.898. The number of benzene rings is 1. The van der Waals surface area contributed by atoms with Crippen molar-refractivity contribution in [2.24, 2.45) is 0 Å². The molecule has 0 fully saturated rings. The molecule has 0 bridgehead atoms. The summed E-state index contributed by atoms with van der Waals surface area (Å²) < 4.78 is 0.826. The van der Waals surface area contributed by atoms with Gasteiger partial charge in [0.05, 0.1) is 10.9 Å². The van der Waals surface area contributed by atoms with Crippen molar-refractivity contribution in [1.29, 1.82) is 0 Å². The fourth-order valence-electron chi connectivity index (χ4n) is 3.19. The van der Waals surface area contributed by atoms with Gasteiger partial charge < -0.3 is 5.11 Å². The van der Waals surface area contributed by atoms with Gasteiger partial charge in [0.15, 0.2) is 0 Å². The summed E-state index contributed by atoms with van der Waals surface area (Å²) in [6.07, 6.45) is 4.22. The summed E-state index contributed by atoms with van der Waals surface area (Å²) in [5, 5.41) is 10.0. The second-order valence-electron chi connectivity index (χ2n) is 5.33. The Labute approximate surface area is 122 Å². The Hall–Kier alpha value is -0.830. The molecule has 1 aromatic heterocycles. The van der Waals surface area contributed by atoms with Crippen LogP contribution in [0.3, 0.4) is 0 Å². The van der Waals surface area contributed by atoms with E-state index in [1.807, 2.05) is 6.07 Å². The van der Waals surface area contributed by atoms with Crippen LogP contribution in [0, 0.1) is 0 Å². The van der Waals surface area contributed by atoms with Gasteiger partial charge in [0, 0.05) is 10.3 Å². The third-order valence-electron chi connectivity index (χ3n) is 4.13. The van der Waals surface area contributed by atoms with E-state index in [-0.39, 0.29) is 12.0 Å². The highest BCUT2D eigenvalue weighted by molar-refractivity contribution is 7.16. The van der Waals surface area contributed by atoms with E-state index in [0.717, 1.165) is 30.0 Å². The largest absolute Gasteiger partial charge is 0.395 e. The molecule has 1 aliphatic carbocycles. The number of rotatable bonds is 3. The van der Waals surface area contributed by atoms with Gasteiger partial charge >= 0.3 is 0 Å². The van der Waals surface area contributed by atoms with Crippen LogP contribution in [0.25, 0.3) is 0 Å². The third-order valence-corrected chi connectivity index (χ3v) is 5.37. The van der Waals surface area contributed by atoms with Gasteiger partial charge in [-0.15, -0.1) is 11.3 Å². The number of aliphatic hydroxyl groups excluding tert-OH is 1. The SMILES string of the molecule is OCC1(Cc2ccc(Cl)s2)CCCc2ccccc21. The summed E-state index contributed by atoms with van der Waals surface area (Å²) in [5.74, 6) is 0. The van der Waals surface area contributed by atoms with Gasteiger partial charge in [0.25, 0.3) is 0 Å². The van der Waals surface area contributed by atoms with E-state index in [9.17, 15) is 5.11 Å². The summed E-state index contributed by atoms with van der Waals surface area (Å²) in [6.45, 7) is 0.208. The van der Waals surface area contributed by atoms with Crippen molar-refractivity contribution in [3.8, 4) is 0 Å². The van der Waals surface area contributed by atoms with Crippen molar-refractivity contribution in [2.75, 3.05) is 6.61 Å². The molecule has 0 spiro atoms. The number of aliphatic hydroxyl groups is 1. The first-order valence-electron chi connectivity index (χ1n) is 6.67. The van der Waals surface area contributed by atoms with Crippen molar-refractivity contribution in [1.82, 2.24) is 0 Å². The Morgan fingerprint density at radius 2 is 2.05 bits per heavy atom. The zero-order valence-corrected chi connectivity index (χ0v) is 12.3. The maximum Gasteiger partial charge on any atom is 0.0931 e. The molecule has 100 valence electrons. The van der Waals surface area contributed by atoms with Gasteiger partial charge in [-0.1, -0.05) is 35.9 Å². The molecule has 2 aromatic rings. The summed E-state index contributed by atoms with van der Waals surface area (Å²) in [4.78, 5) is 1.26. The van der Waals surface area contributed by atoms with Crippen LogP contribution in [0.4, 0.5) is 0 Å². The summed E-state index contributed by atoms with van der Waals surface area (Å²) >= 11 is 7.65. The van der Waals surface area contributed by atoms with Gasteiger partial charge in [-0.05, 0) is 48.9 Å². The zero-order valence-electron chi connectivity index (χ0n) is 10.7. The van der Waals surface area contributed by atoms with Gasteiger partial charge in [-0.3, -0.25) is 0 Å². The maximum atomic E-state index is 10.0. The summed E-state index contributed by atoms with van der Waals surface area (Å²) in [6, 6.07) is 12.6. The number of hydrogen-bond donors (Lipinski definition) is 1. The van der Waals surface area contributed by atoms with Crippen molar-refractivity contribution in [3.05, 3.63) is 56.7 Å². The van der Waals surface area contributed by atoms with E-state index in [2.05, 4.69) is 30.3 Å². The Balaban J connectivity index is 2.00. The second-order valence-corrected chi connectivity index (χ2v) is 7.13. The van der Waals surface area contributed by atoms with E-state index in [1.54, 1.807) is 11.3 Å². The molecule has 3 rings (SSSR count). The van der Waals surface area contributed by atoms with E-state index in [4.69, 9.17) is 11.6 Å². The van der Waals surface area contributed by atoms with Crippen LogP contribution in [-0.2, 0) is 18.3 Å². The van der Waals surface area contributed by atoms with Crippen LogP contribution < -0.4 is 0 Å². The molecule has 0 saturated heterocycles. The van der Waals surface area contributed by atoms with Crippen LogP contribution >= 0.6 is 22.9 Å². The number of hydrogen-bond acceptors (Lipinski definition) is 2. The fraction of sp³-hybridized carbons (Fsp3) is 0.375. The van der Waals surface area contributed by atoms with E-state index >= 15 is 0 Å². The minimum atomic E-state index is -0.122. The van der Waals surface area contributed by atoms with E-state index in [0.29, 0.717) is 0 Å². The molecule has 1 nitrogen and oxygen atoms in total. The average molecular weight is 293 g/mol. The monoisotopic (exact) mass is 292 g/mol. The minimum Gasteiger partial charge on any atom is -0.395 e.